The standard InChI is InChI=1S/C17H25FN2O4S/c1-13(12-25(22,23)16-5-3-15(18)4-6-16)17(21)19-14(2)11-20-7-9-24-10-8-20/h3-6,13-14H,7-12H2,1-2H3,(H,19,21). The summed E-state index contributed by atoms with van der Waals surface area (Å²) in [7, 11) is -3.64. The summed E-state index contributed by atoms with van der Waals surface area (Å²) in [5.41, 5.74) is 0. The van der Waals surface area contributed by atoms with Crippen molar-refractivity contribution in [3.05, 3.63) is 30.1 Å². The van der Waals surface area contributed by atoms with Gasteiger partial charge in [0.25, 0.3) is 0 Å². The Morgan fingerprint density at radius 2 is 1.84 bits per heavy atom. The second kappa shape index (κ2) is 8.73. The van der Waals surface area contributed by atoms with Crippen LogP contribution in [0.4, 0.5) is 4.39 Å². The van der Waals surface area contributed by atoms with Crippen molar-refractivity contribution in [2.24, 2.45) is 5.92 Å². The van der Waals surface area contributed by atoms with Crippen LogP contribution in [0.3, 0.4) is 0 Å². The number of sulfone groups is 1. The number of ether oxygens (including phenoxy) is 1. The number of hydrogen-bond acceptors (Lipinski definition) is 5. The van der Waals surface area contributed by atoms with Crippen molar-refractivity contribution in [1.29, 1.82) is 0 Å². The van der Waals surface area contributed by atoms with Gasteiger partial charge in [0, 0.05) is 31.6 Å². The first-order valence-electron chi connectivity index (χ1n) is 8.37. The van der Waals surface area contributed by atoms with Crippen molar-refractivity contribution in [2.45, 2.75) is 24.8 Å². The molecule has 2 unspecified atom stereocenters. The lowest BCUT2D eigenvalue weighted by Gasteiger charge is -2.29. The predicted octanol–water partition coefficient (Wildman–Crippen LogP) is 1.07. The molecule has 1 aliphatic heterocycles. The smallest absolute Gasteiger partial charge is 0.224 e. The van der Waals surface area contributed by atoms with E-state index in [9.17, 15) is 17.6 Å². The fourth-order valence-corrected chi connectivity index (χ4v) is 4.30. The van der Waals surface area contributed by atoms with E-state index in [1.807, 2.05) is 6.92 Å². The molecule has 0 bridgehead atoms. The van der Waals surface area contributed by atoms with Gasteiger partial charge in [0.2, 0.25) is 5.91 Å². The molecule has 2 atom stereocenters. The molecule has 0 aliphatic carbocycles. The van der Waals surface area contributed by atoms with E-state index in [1.54, 1.807) is 6.92 Å². The fraction of sp³-hybridized carbons (Fsp3) is 0.588. The number of nitrogens with one attached hydrogen (secondary N) is 1. The molecule has 1 fully saturated rings. The van der Waals surface area contributed by atoms with Crippen LogP contribution in [0, 0.1) is 11.7 Å². The first-order valence-corrected chi connectivity index (χ1v) is 10.0. The number of rotatable bonds is 7. The van der Waals surface area contributed by atoms with Gasteiger partial charge in [-0.1, -0.05) is 6.92 Å². The maximum Gasteiger partial charge on any atom is 0.224 e. The maximum atomic E-state index is 12.9. The van der Waals surface area contributed by atoms with Crippen LogP contribution in [0.5, 0.6) is 0 Å². The molecule has 1 heterocycles. The van der Waals surface area contributed by atoms with Crippen molar-refractivity contribution in [3.8, 4) is 0 Å². The van der Waals surface area contributed by atoms with Crippen LogP contribution in [0.15, 0.2) is 29.2 Å². The predicted molar refractivity (Wildman–Crippen MR) is 92.5 cm³/mol. The highest BCUT2D eigenvalue weighted by molar-refractivity contribution is 7.91. The van der Waals surface area contributed by atoms with Gasteiger partial charge in [-0.3, -0.25) is 9.69 Å². The monoisotopic (exact) mass is 372 g/mol. The molecule has 1 aromatic carbocycles. The molecule has 1 saturated heterocycles. The third kappa shape index (κ3) is 6.05. The fourth-order valence-electron chi connectivity index (χ4n) is 2.74. The van der Waals surface area contributed by atoms with Crippen LogP contribution in [-0.2, 0) is 19.4 Å². The lowest BCUT2D eigenvalue weighted by atomic mass is 10.2. The van der Waals surface area contributed by atoms with Crippen LogP contribution in [0.25, 0.3) is 0 Å². The molecule has 8 heteroatoms. The number of benzene rings is 1. The van der Waals surface area contributed by atoms with Gasteiger partial charge >= 0.3 is 0 Å². The lowest BCUT2D eigenvalue weighted by Crippen LogP contribution is -2.47. The number of carbonyl (C=O) groups excluding carboxylic acids is 1. The Morgan fingerprint density at radius 1 is 1.24 bits per heavy atom. The Labute approximate surface area is 148 Å². The van der Waals surface area contributed by atoms with Crippen LogP contribution in [-0.4, -0.2) is 63.9 Å². The third-order valence-electron chi connectivity index (χ3n) is 4.11. The summed E-state index contributed by atoms with van der Waals surface area (Å²) < 4.78 is 42.9. The molecule has 0 spiro atoms. The zero-order valence-corrected chi connectivity index (χ0v) is 15.4. The van der Waals surface area contributed by atoms with Crippen LogP contribution < -0.4 is 5.32 Å². The number of amides is 1. The average molecular weight is 372 g/mol. The van der Waals surface area contributed by atoms with E-state index < -0.39 is 21.6 Å². The zero-order chi connectivity index (χ0) is 18.4. The largest absolute Gasteiger partial charge is 0.379 e. The molecule has 1 aromatic rings. The second-order valence-electron chi connectivity index (χ2n) is 6.46. The van der Waals surface area contributed by atoms with Crippen LogP contribution in [0.1, 0.15) is 13.8 Å². The Morgan fingerprint density at radius 3 is 2.44 bits per heavy atom. The number of carbonyl (C=O) groups is 1. The number of nitrogens with zero attached hydrogens (tertiary/aromatic N) is 1. The van der Waals surface area contributed by atoms with E-state index in [4.69, 9.17) is 4.74 Å². The molecule has 0 radical (unpaired) electrons. The zero-order valence-electron chi connectivity index (χ0n) is 14.6. The van der Waals surface area contributed by atoms with E-state index in [0.717, 1.165) is 25.2 Å². The van der Waals surface area contributed by atoms with Gasteiger partial charge in [-0.05, 0) is 31.2 Å². The molecule has 6 nitrogen and oxygen atoms in total. The number of morpholine rings is 1. The summed E-state index contributed by atoms with van der Waals surface area (Å²) in [6.45, 7) is 7.21. The highest BCUT2D eigenvalue weighted by atomic mass is 32.2. The molecule has 1 aliphatic rings. The Balaban J connectivity index is 1.87. The molecule has 140 valence electrons. The van der Waals surface area contributed by atoms with Crippen LogP contribution in [0.2, 0.25) is 0 Å². The topological polar surface area (TPSA) is 75.7 Å². The van der Waals surface area contributed by atoms with Gasteiger partial charge in [-0.25, -0.2) is 12.8 Å². The van der Waals surface area contributed by atoms with Gasteiger partial charge in [0.15, 0.2) is 9.84 Å². The quantitative estimate of drug-likeness (QED) is 0.725. The van der Waals surface area contributed by atoms with E-state index in [0.29, 0.717) is 19.8 Å². The molecule has 0 saturated carbocycles. The van der Waals surface area contributed by atoms with Gasteiger partial charge in [-0.2, -0.15) is 0 Å². The highest BCUT2D eigenvalue weighted by Crippen LogP contribution is 2.15. The summed E-state index contributed by atoms with van der Waals surface area (Å²) >= 11 is 0. The summed E-state index contributed by atoms with van der Waals surface area (Å²) in [4.78, 5) is 14.5. The van der Waals surface area contributed by atoms with Crippen molar-refractivity contribution in [2.75, 3.05) is 38.6 Å². The Bertz CT molecular complexity index is 672. The van der Waals surface area contributed by atoms with Gasteiger partial charge in [0.05, 0.1) is 23.9 Å². The first-order chi connectivity index (χ1) is 11.8. The minimum atomic E-state index is -3.64. The Kier molecular flexibility index (Phi) is 6.92. The van der Waals surface area contributed by atoms with Gasteiger partial charge < -0.3 is 10.1 Å². The average Bonchev–Trinajstić information content (AvgIpc) is 2.55. The van der Waals surface area contributed by atoms with Crippen LogP contribution >= 0.6 is 0 Å². The summed E-state index contributed by atoms with van der Waals surface area (Å²) in [5, 5.41) is 2.86. The van der Waals surface area contributed by atoms with E-state index >= 15 is 0 Å². The molecule has 0 aromatic heterocycles. The van der Waals surface area contributed by atoms with E-state index in [-0.39, 0.29) is 22.6 Å². The molecule has 2 rings (SSSR count). The summed E-state index contributed by atoms with van der Waals surface area (Å²) in [6, 6.07) is 4.55. The minimum absolute atomic E-state index is 0.0231. The molecular weight excluding hydrogens is 347 g/mol. The van der Waals surface area contributed by atoms with Gasteiger partial charge in [0.1, 0.15) is 5.82 Å². The normalized spacial score (nSPS) is 18.5. The highest BCUT2D eigenvalue weighted by Gasteiger charge is 2.24. The molecule has 1 N–H and O–H groups in total. The maximum absolute atomic E-state index is 12.9. The minimum Gasteiger partial charge on any atom is -0.379 e. The number of halogens is 1. The SMILES string of the molecule is CC(CN1CCOCC1)NC(=O)C(C)CS(=O)(=O)c1ccc(F)cc1. The van der Waals surface area contributed by atoms with Crippen molar-refractivity contribution < 1.29 is 22.3 Å². The summed E-state index contributed by atoms with van der Waals surface area (Å²) in [6.07, 6.45) is 0. The van der Waals surface area contributed by atoms with Crippen molar-refractivity contribution in [3.63, 3.8) is 0 Å². The summed E-state index contributed by atoms with van der Waals surface area (Å²) in [5.74, 6) is -1.80. The van der Waals surface area contributed by atoms with E-state index in [1.165, 1.54) is 12.1 Å². The lowest BCUT2D eigenvalue weighted by molar-refractivity contribution is -0.124. The van der Waals surface area contributed by atoms with E-state index in [2.05, 4.69) is 10.2 Å². The molecule has 1 amide bonds. The van der Waals surface area contributed by atoms with Crippen molar-refractivity contribution >= 4 is 15.7 Å². The number of hydrogen-bond donors (Lipinski definition) is 1. The Hall–Kier alpha value is -1.51. The first kappa shape index (κ1) is 19.8. The second-order valence-corrected chi connectivity index (χ2v) is 8.49. The molecular formula is C17H25FN2O4S. The molecule has 25 heavy (non-hydrogen) atoms. The third-order valence-corrected chi connectivity index (χ3v) is 6.04. The van der Waals surface area contributed by atoms with Gasteiger partial charge in [-0.15, -0.1) is 0 Å². The van der Waals surface area contributed by atoms with Crippen molar-refractivity contribution in [1.82, 2.24) is 10.2 Å².